The average molecular weight is 416 g/mol. The Kier molecular flexibility index (Phi) is 6.38. The molecule has 0 heterocycles. The molecule has 0 spiro atoms. The van der Waals surface area contributed by atoms with E-state index in [0.29, 0.717) is 16.8 Å². The molecule has 1 amide bonds. The van der Waals surface area contributed by atoms with Crippen molar-refractivity contribution in [2.24, 2.45) is 0 Å². The Balaban J connectivity index is 2.14. The number of carbonyl (C=O) groups excluding carboxylic acids is 2. The molecule has 29 heavy (non-hydrogen) atoms. The normalized spacial score (nSPS) is 12.5. The van der Waals surface area contributed by atoms with Gasteiger partial charge in [-0.15, -0.1) is 0 Å². The van der Waals surface area contributed by atoms with E-state index in [4.69, 9.17) is 0 Å². The van der Waals surface area contributed by atoms with Gasteiger partial charge in [-0.25, -0.2) is 8.42 Å². The summed E-state index contributed by atoms with van der Waals surface area (Å²) in [6.07, 6.45) is 0. The maximum absolute atomic E-state index is 12.4. The summed E-state index contributed by atoms with van der Waals surface area (Å²) >= 11 is 0. The van der Waals surface area contributed by atoms with E-state index in [1.807, 2.05) is 12.1 Å². The van der Waals surface area contributed by atoms with E-state index >= 15 is 0 Å². The molecular formula is C23H29NO4S. The van der Waals surface area contributed by atoms with Crippen LogP contribution in [0.15, 0.2) is 48.5 Å². The molecule has 0 unspecified atom stereocenters. The van der Waals surface area contributed by atoms with Gasteiger partial charge in [-0.3, -0.25) is 9.59 Å². The predicted molar refractivity (Wildman–Crippen MR) is 117 cm³/mol. The average Bonchev–Trinajstić information content (AvgIpc) is 2.59. The Labute approximate surface area is 173 Å². The van der Waals surface area contributed by atoms with Crippen LogP contribution in [0.5, 0.6) is 0 Å². The second kappa shape index (κ2) is 8.11. The van der Waals surface area contributed by atoms with Gasteiger partial charge in [-0.05, 0) is 49.4 Å². The van der Waals surface area contributed by atoms with Crippen molar-refractivity contribution >= 4 is 27.2 Å². The number of ketones is 1. The van der Waals surface area contributed by atoms with E-state index in [-0.39, 0.29) is 11.2 Å². The molecule has 2 aromatic carbocycles. The van der Waals surface area contributed by atoms with Crippen LogP contribution >= 0.6 is 0 Å². The standard InChI is InChI=1S/C23H29NO4S/c1-22(2,3)18-12-10-17(11-13-18)20(25)21(26)24-19-9-7-8-16(14-19)15-29(27,28)23(4,5)6/h7-14H,15H2,1-6H3,(H,24,26). The van der Waals surface area contributed by atoms with Crippen LogP contribution in [0.25, 0.3) is 0 Å². The van der Waals surface area contributed by atoms with Gasteiger partial charge in [-0.2, -0.15) is 0 Å². The molecule has 1 N–H and O–H groups in total. The van der Waals surface area contributed by atoms with Gasteiger partial charge in [0, 0.05) is 11.3 Å². The Morgan fingerprint density at radius 1 is 0.897 bits per heavy atom. The second-order valence-corrected chi connectivity index (χ2v) is 11.9. The zero-order valence-electron chi connectivity index (χ0n) is 17.9. The minimum absolute atomic E-state index is 0.0440. The third-order valence-electron chi connectivity index (χ3n) is 4.69. The first kappa shape index (κ1) is 22.8. The molecule has 0 aliphatic carbocycles. The van der Waals surface area contributed by atoms with Gasteiger partial charge in [0.25, 0.3) is 11.7 Å². The summed E-state index contributed by atoms with van der Waals surface area (Å²) in [4.78, 5) is 24.8. The maximum Gasteiger partial charge on any atom is 0.296 e. The van der Waals surface area contributed by atoms with Crippen LogP contribution in [0.2, 0.25) is 0 Å². The topological polar surface area (TPSA) is 80.3 Å². The molecule has 0 aliphatic heterocycles. The number of nitrogens with one attached hydrogen (secondary N) is 1. The fourth-order valence-corrected chi connectivity index (χ4v) is 3.67. The zero-order valence-corrected chi connectivity index (χ0v) is 18.7. The summed E-state index contributed by atoms with van der Waals surface area (Å²) in [5.74, 6) is -1.54. The van der Waals surface area contributed by atoms with Gasteiger partial charge in [0.15, 0.2) is 9.84 Å². The molecule has 0 saturated heterocycles. The van der Waals surface area contributed by atoms with Crippen molar-refractivity contribution < 1.29 is 18.0 Å². The fourth-order valence-electron chi connectivity index (χ4n) is 2.62. The lowest BCUT2D eigenvalue weighted by Crippen LogP contribution is -2.29. The van der Waals surface area contributed by atoms with Crippen molar-refractivity contribution in [3.63, 3.8) is 0 Å². The summed E-state index contributed by atoms with van der Waals surface area (Å²) in [7, 11) is -3.35. The van der Waals surface area contributed by atoms with Gasteiger partial charge in [0.2, 0.25) is 0 Å². The number of Topliss-reactive ketones (excluding diaryl/α,β-unsaturated/α-hetero) is 1. The van der Waals surface area contributed by atoms with Gasteiger partial charge in [0.05, 0.1) is 10.5 Å². The molecule has 0 aliphatic rings. The highest BCUT2D eigenvalue weighted by Crippen LogP contribution is 2.23. The highest BCUT2D eigenvalue weighted by Gasteiger charge is 2.29. The fraction of sp³-hybridized carbons (Fsp3) is 0.391. The van der Waals surface area contributed by atoms with Crippen molar-refractivity contribution in [1.82, 2.24) is 0 Å². The number of hydrogen-bond donors (Lipinski definition) is 1. The van der Waals surface area contributed by atoms with Crippen LogP contribution in [0.4, 0.5) is 5.69 Å². The molecule has 0 saturated carbocycles. The minimum Gasteiger partial charge on any atom is -0.319 e. The van der Waals surface area contributed by atoms with Gasteiger partial charge < -0.3 is 5.32 Å². The molecule has 0 radical (unpaired) electrons. The molecule has 0 fully saturated rings. The van der Waals surface area contributed by atoms with E-state index in [0.717, 1.165) is 5.56 Å². The summed E-state index contributed by atoms with van der Waals surface area (Å²) in [6, 6.07) is 13.5. The maximum atomic E-state index is 12.4. The first-order valence-corrected chi connectivity index (χ1v) is 11.1. The van der Waals surface area contributed by atoms with Gasteiger partial charge >= 0.3 is 0 Å². The molecular weight excluding hydrogens is 386 g/mol. The lowest BCUT2D eigenvalue weighted by molar-refractivity contribution is -0.112. The summed E-state index contributed by atoms with van der Waals surface area (Å²) < 4.78 is 23.9. The first-order valence-electron chi connectivity index (χ1n) is 9.48. The van der Waals surface area contributed by atoms with Crippen molar-refractivity contribution in [2.75, 3.05) is 5.32 Å². The number of carbonyl (C=O) groups is 2. The van der Waals surface area contributed by atoms with Crippen LogP contribution in [0, 0.1) is 0 Å². The highest BCUT2D eigenvalue weighted by molar-refractivity contribution is 7.91. The Morgan fingerprint density at radius 2 is 1.48 bits per heavy atom. The number of hydrogen-bond acceptors (Lipinski definition) is 4. The van der Waals surface area contributed by atoms with E-state index in [1.54, 1.807) is 57.2 Å². The Hall–Kier alpha value is -2.47. The molecule has 2 aromatic rings. The molecule has 6 heteroatoms. The van der Waals surface area contributed by atoms with Crippen molar-refractivity contribution in [3.8, 4) is 0 Å². The third kappa shape index (κ3) is 5.76. The molecule has 5 nitrogen and oxygen atoms in total. The largest absolute Gasteiger partial charge is 0.319 e. The number of sulfone groups is 1. The zero-order chi connectivity index (χ0) is 22.0. The van der Waals surface area contributed by atoms with E-state index in [2.05, 4.69) is 26.1 Å². The third-order valence-corrected chi connectivity index (χ3v) is 7.27. The number of anilines is 1. The number of amides is 1. The predicted octanol–water partition coefficient (Wildman–Crippen LogP) is 4.52. The summed E-state index contributed by atoms with van der Waals surface area (Å²) in [5, 5.41) is 2.57. The number of rotatable bonds is 5. The minimum atomic E-state index is -3.35. The van der Waals surface area contributed by atoms with Crippen LogP contribution < -0.4 is 5.32 Å². The van der Waals surface area contributed by atoms with Crippen molar-refractivity contribution in [2.45, 2.75) is 57.5 Å². The molecule has 2 rings (SSSR count). The lowest BCUT2D eigenvalue weighted by Gasteiger charge is -2.19. The lowest BCUT2D eigenvalue weighted by atomic mass is 9.86. The number of benzene rings is 2. The first-order chi connectivity index (χ1) is 13.2. The van der Waals surface area contributed by atoms with Crippen molar-refractivity contribution in [1.29, 1.82) is 0 Å². The molecule has 0 bridgehead atoms. The quantitative estimate of drug-likeness (QED) is 0.575. The smallest absolute Gasteiger partial charge is 0.296 e. The highest BCUT2D eigenvalue weighted by atomic mass is 32.2. The second-order valence-electron chi connectivity index (χ2n) is 9.18. The van der Waals surface area contributed by atoms with Gasteiger partial charge in [0.1, 0.15) is 0 Å². The van der Waals surface area contributed by atoms with Crippen LogP contribution in [0.1, 0.15) is 63.0 Å². The molecule has 156 valence electrons. The molecule has 0 atom stereocenters. The van der Waals surface area contributed by atoms with Crippen LogP contribution in [0.3, 0.4) is 0 Å². The van der Waals surface area contributed by atoms with Gasteiger partial charge in [-0.1, -0.05) is 57.2 Å². The van der Waals surface area contributed by atoms with Crippen LogP contribution in [-0.4, -0.2) is 24.9 Å². The van der Waals surface area contributed by atoms with E-state index < -0.39 is 26.3 Å². The molecule has 0 aromatic heterocycles. The van der Waals surface area contributed by atoms with Crippen molar-refractivity contribution in [3.05, 3.63) is 65.2 Å². The monoisotopic (exact) mass is 415 g/mol. The SMILES string of the molecule is CC(C)(C)c1ccc(C(=O)C(=O)Nc2cccc(CS(=O)(=O)C(C)(C)C)c2)cc1. The van der Waals surface area contributed by atoms with E-state index in [1.165, 1.54) is 0 Å². The summed E-state index contributed by atoms with van der Waals surface area (Å²) in [6.45, 7) is 11.2. The Bertz CT molecular complexity index is 1010. The summed E-state index contributed by atoms with van der Waals surface area (Å²) in [5.41, 5.74) is 2.28. The Morgan fingerprint density at radius 3 is 2.00 bits per heavy atom. The van der Waals surface area contributed by atoms with Crippen LogP contribution in [-0.2, 0) is 25.8 Å². The van der Waals surface area contributed by atoms with E-state index in [9.17, 15) is 18.0 Å².